The van der Waals surface area contributed by atoms with Crippen LogP contribution in [0.2, 0.25) is 0 Å². The number of fused-ring (bicyclic) bond motifs is 1. The van der Waals surface area contributed by atoms with Crippen molar-refractivity contribution in [3.63, 3.8) is 0 Å². The highest BCUT2D eigenvalue weighted by molar-refractivity contribution is 8.76. The van der Waals surface area contributed by atoms with Crippen LogP contribution in [-0.2, 0) is 23.3 Å². The number of aromatic hydroxyl groups is 2. The van der Waals surface area contributed by atoms with Gasteiger partial charge in [0.05, 0.1) is 38.6 Å². The van der Waals surface area contributed by atoms with E-state index < -0.39 is 31.0 Å². The average molecular weight is 625 g/mol. The van der Waals surface area contributed by atoms with Gasteiger partial charge in [-0.1, -0.05) is 28.0 Å². The molecule has 0 aromatic heterocycles. The minimum absolute atomic E-state index is 0.106. The predicted molar refractivity (Wildman–Crippen MR) is 165 cm³/mol. The Morgan fingerprint density at radius 3 is 2.19 bits per heavy atom. The zero-order valence-electron chi connectivity index (χ0n) is 24.4. The maximum absolute atomic E-state index is 11.4. The van der Waals surface area contributed by atoms with E-state index in [1.165, 1.54) is 31.4 Å². The number of phenolic OH excluding ortho intramolecular Hbond substituents is 2. The number of phenols is 2. The van der Waals surface area contributed by atoms with E-state index in [2.05, 4.69) is 0 Å². The number of methoxy groups -OCH3 is 2. The molecule has 2 aromatic rings. The molecule has 2 aliphatic rings. The molecule has 1 aliphatic carbocycles. The highest BCUT2D eigenvalue weighted by atomic mass is 33.1. The van der Waals surface area contributed by atoms with E-state index in [0.29, 0.717) is 36.5 Å². The first kappa shape index (κ1) is 32.9. The van der Waals surface area contributed by atoms with E-state index in [9.17, 15) is 25.5 Å². The van der Waals surface area contributed by atoms with E-state index >= 15 is 0 Å². The molecule has 234 valence electrons. The van der Waals surface area contributed by atoms with E-state index in [-0.39, 0.29) is 35.5 Å². The molecule has 0 radical (unpaired) electrons. The van der Waals surface area contributed by atoms with Crippen LogP contribution in [0.4, 0.5) is 0 Å². The lowest BCUT2D eigenvalue weighted by Crippen LogP contribution is -2.37. The van der Waals surface area contributed by atoms with E-state index in [1.54, 1.807) is 29.0 Å². The molecular formula is C31H44O9S2. The van der Waals surface area contributed by atoms with Crippen LogP contribution in [0.3, 0.4) is 0 Å². The zero-order valence-corrected chi connectivity index (χ0v) is 26.0. The Morgan fingerprint density at radius 1 is 0.810 bits per heavy atom. The van der Waals surface area contributed by atoms with Crippen LogP contribution < -0.4 is 14.2 Å². The molecule has 42 heavy (non-hydrogen) atoms. The van der Waals surface area contributed by atoms with Crippen LogP contribution in [-0.4, -0.2) is 76.7 Å². The van der Waals surface area contributed by atoms with Gasteiger partial charge in [-0.25, -0.2) is 0 Å². The Bertz CT molecular complexity index is 1120. The predicted octanol–water partition coefficient (Wildman–Crippen LogP) is 4.96. The third kappa shape index (κ3) is 8.76. The van der Waals surface area contributed by atoms with Crippen molar-refractivity contribution < 1.29 is 44.5 Å². The lowest BCUT2D eigenvalue weighted by Gasteiger charge is -2.30. The number of ether oxygens (including phenoxy) is 4. The van der Waals surface area contributed by atoms with Crippen LogP contribution in [0.15, 0.2) is 24.3 Å². The van der Waals surface area contributed by atoms with Gasteiger partial charge in [0.25, 0.3) is 0 Å². The number of aryl methyl sites for hydroxylation is 1. The fourth-order valence-electron chi connectivity index (χ4n) is 5.83. The summed E-state index contributed by atoms with van der Waals surface area (Å²) in [5.41, 5.74) is 2.75. The maximum atomic E-state index is 11.4. The van der Waals surface area contributed by atoms with Crippen LogP contribution in [0.25, 0.3) is 0 Å². The van der Waals surface area contributed by atoms with Gasteiger partial charge < -0.3 is 44.5 Å². The first-order valence-corrected chi connectivity index (χ1v) is 17.1. The number of aliphatic hydroxyl groups excluding tert-OH is 3. The van der Waals surface area contributed by atoms with Gasteiger partial charge in [-0.05, 0) is 92.3 Å². The molecule has 9 nitrogen and oxygen atoms in total. The molecule has 1 fully saturated rings. The topological polar surface area (TPSA) is 138 Å². The quantitative estimate of drug-likeness (QED) is 0.201. The standard InChI is InChI=1S/C31H44O9S2/c1-37-29-11-19(12-30(38-2)31(29)36)10-24-25(33)15-23(39-18-32)9-8-20-14-28(40-22-6-4-3-5-7-22)26(34)13-21(20)16-41-42-17-27(24)35/h11-14,22-25,27,32-36H,3-10,15-18H2,1-2H3/t23-,24+,25+,27-/m0/s1. The van der Waals surface area contributed by atoms with Crippen molar-refractivity contribution in [3.8, 4) is 28.7 Å². The number of hydrogen-bond acceptors (Lipinski definition) is 11. The summed E-state index contributed by atoms with van der Waals surface area (Å²) >= 11 is 0. The molecule has 4 rings (SSSR count). The maximum Gasteiger partial charge on any atom is 0.200 e. The van der Waals surface area contributed by atoms with Gasteiger partial charge in [-0.3, -0.25) is 0 Å². The Hall–Kier alpha value is -2.02. The summed E-state index contributed by atoms with van der Waals surface area (Å²) in [6.07, 6.45) is 4.98. The summed E-state index contributed by atoms with van der Waals surface area (Å²) in [5, 5.41) is 53.4. The van der Waals surface area contributed by atoms with Crippen molar-refractivity contribution in [1.29, 1.82) is 0 Å². The molecule has 4 atom stereocenters. The summed E-state index contributed by atoms with van der Waals surface area (Å²) in [5.74, 6) is 1.45. The van der Waals surface area contributed by atoms with Crippen LogP contribution in [0.5, 0.6) is 28.7 Å². The van der Waals surface area contributed by atoms with Gasteiger partial charge in [-0.2, -0.15) is 0 Å². The van der Waals surface area contributed by atoms with Gasteiger partial charge in [0.1, 0.15) is 6.79 Å². The third-order valence-corrected chi connectivity index (χ3v) is 10.5. The first-order chi connectivity index (χ1) is 20.3. The summed E-state index contributed by atoms with van der Waals surface area (Å²) < 4.78 is 22.5. The molecule has 1 aliphatic heterocycles. The molecule has 0 unspecified atom stereocenters. The number of aliphatic hydroxyl groups is 3. The lowest BCUT2D eigenvalue weighted by atomic mass is 9.86. The minimum Gasteiger partial charge on any atom is -0.504 e. The largest absolute Gasteiger partial charge is 0.504 e. The van der Waals surface area contributed by atoms with E-state index in [0.717, 1.165) is 42.4 Å². The smallest absolute Gasteiger partial charge is 0.200 e. The molecule has 0 spiro atoms. The van der Waals surface area contributed by atoms with Gasteiger partial charge in [0.2, 0.25) is 5.75 Å². The fraction of sp³-hybridized carbons (Fsp3) is 0.613. The SMILES string of the molecule is COc1cc(C[C@@H]2[C@H](O)C[C@@H](OCO)CCc3cc(OC4CCCCC4)c(O)cc3CSSC[C@@H]2O)cc(OC)c1O. The van der Waals surface area contributed by atoms with Crippen molar-refractivity contribution in [2.24, 2.45) is 5.92 Å². The minimum atomic E-state index is -0.932. The number of rotatable bonds is 8. The number of benzene rings is 2. The van der Waals surface area contributed by atoms with Crippen molar-refractivity contribution in [3.05, 3.63) is 41.0 Å². The molecule has 1 saturated carbocycles. The summed E-state index contributed by atoms with van der Waals surface area (Å²) in [6.45, 7) is -0.485. The first-order valence-electron chi connectivity index (χ1n) is 14.6. The monoisotopic (exact) mass is 624 g/mol. The summed E-state index contributed by atoms with van der Waals surface area (Å²) in [6, 6.07) is 7.07. The van der Waals surface area contributed by atoms with E-state index in [1.807, 2.05) is 6.07 Å². The van der Waals surface area contributed by atoms with Gasteiger partial charge in [0, 0.05) is 17.4 Å². The van der Waals surface area contributed by atoms with E-state index in [4.69, 9.17) is 18.9 Å². The molecule has 0 amide bonds. The molecule has 5 N–H and O–H groups in total. The average Bonchev–Trinajstić information content (AvgIpc) is 2.99. The second kappa shape index (κ2) is 16.2. The lowest BCUT2D eigenvalue weighted by molar-refractivity contribution is -0.0808. The fourth-order valence-corrected chi connectivity index (χ4v) is 8.13. The van der Waals surface area contributed by atoms with Crippen LogP contribution in [0, 0.1) is 5.92 Å². The van der Waals surface area contributed by atoms with Crippen molar-refractivity contribution in [2.75, 3.05) is 26.8 Å². The Balaban J connectivity index is 1.55. The normalized spacial score (nSPS) is 24.5. The highest BCUT2D eigenvalue weighted by Gasteiger charge is 2.31. The van der Waals surface area contributed by atoms with Crippen molar-refractivity contribution >= 4 is 21.6 Å². The van der Waals surface area contributed by atoms with Crippen LogP contribution >= 0.6 is 21.6 Å². The summed E-state index contributed by atoms with van der Waals surface area (Å²) in [7, 11) is 6.00. The van der Waals surface area contributed by atoms with Crippen molar-refractivity contribution in [2.45, 2.75) is 88.0 Å². The Kier molecular flexibility index (Phi) is 12.7. The van der Waals surface area contributed by atoms with Gasteiger partial charge >= 0.3 is 0 Å². The molecule has 1 heterocycles. The Labute approximate surface area is 255 Å². The summed E-state index contributed by atoms with van der Waals surface area (Å²) in [4.78, 5) is 0. The Morgan fingerprint density at radius 2 is 1.52 bits per heavy atom. The molecule has 0 saturated heterocycles. The second-order valence-corrected chi connectivity index (χ2v) is 13.6. The van der Waals surface area contributed by atoms with Gasteiger partial charge in [-0.15, -0.1) is 0 Å². The van der Waals surface area contributed by atoms with Crippen molar-refractivity contribution in [1.82, 2.24) is 0 Å². The molecule has 11 heteroatoms. The highest BCUT2D eigenvalue weighted by Crippen LogP contribution is 2.40. The van der Waals surface area contributed by atoms with Crippen LogP contribution in [0.1, 0.15) is 61.6 Å². The molecule has 2 aromatic carbocycles. The molecule has 0 bridgehead atoms. The second-order valence-electron chi connectivity index (χ2n) is 11.1. The third-order valence-electron chi connectivity index (χ3n) is 8.21. The number of hydrogen-bond donors (Lipinski definition) is 5. The molecular weight excluding hydrogens is 580 g/mol. The van der Waals surface area contributed by atoms with Gasteiger partial charge in [0.15, 0.2) is 23.0 Å². The zero-order chi connectivity index (χ0) is 30.1.